The third-order valence-corrected chi connectivity index (χ3v) is 4.06. The number of hydrogen-bond donors (Lipinski definition) is 2. The van der Waals surface area contributed by atoms with Gasteiger partial charge in [-0.2, -0.15) is 5.10 Å². The SMILES string of the molecule is S=C(Nc1ccccc1)Nc1cnn(Cc2ccc(Cl)cc2Cl)c1. The Kier molecular flexibility index (Phi) is 5.35. The van der Waals surface area contributed by atoms with Crippen molar-refractivity contribution in [2.45, 2.75) is 6.54 Å². The zero-order valence-electron chi connectivity index (χ0n) is 12.5. The molecule has 7 heteroatoms. The Balaban J connectivity index is 1.62. The monoisotopic (exact) mass is 376 g/mol. The highest BCUT2D eigenvalue weighted by atomic mass is 35.5. The minimum absolute atomic E-state index is 0.505. The number of anilines is 2. The summed E-state index contributed by atoms with van der Waals surface area (Å²) in [7, 11) is 0. The number of hydrogen-bond acceptors (Lipinski definition) is 2. The summed E-state index contributed by atoms with van der Waals surface area (Å²) in [6, 6.07) is 15.1. The number of nitrogens with one attached hydrogen (secondary N) is 2. The van der Waals surface area contributed by atoms with Crippen molar-refractivity contribution in [2.24, 2.45) is 0 Å². The topological polar surface area (TPSA) is 41.9 Å². The summed E-state index contributed by atoms with van der Waals surface area (Å²) in [5.41, 5.74) is 2.67. The first-order valence-corrected chi connectivity index (χ1v) is 8.36. The molecule has 2 N–H and O–H groups in total. The molecule has 0 saturated heterocycles. The Morgan fingerprint density at radius 1 is 1.04 bits per heavy atom. The van der Waals surface area contributed by atoms with Crippen molar-refractivity contribution in [3.8, 4) is 0 Å². The summed E-state index contributed by atoms with van der Waals surface area (Å²) < 4.78 is 1.78. The van der Waals surface area contributed by atoms with Crippen molar-refractivity contribution in [3.05, 3.63) is 76.5 Å². The molecule has 0 spiro atoms. The average Bonchev–Trinajstić information content (AvgIpc) is 2.98. The number of thiocarbonyl (C=S) groups is 1. The van der Waals surface area contributed by atoms with E-state index in [1.165, 1.54) is 0 Å². The zero-order chi connectivity index (χ0) is 16.9. The van der Waals surface area contributed by atoms with Crippen LogP contribution >= 0.6 is 35.4 Å². The molecule has 24 heavy (non-hydrogen) atoms. The van der Waals surface area contributed by atoms with Crippen LogP contribution in [0.3, 0.4) is 0 Å². The van der Waals surface area contributed by atoms with Crippen molar-refractivity contribution in [1.29, 1.82) is 0 Å². The molecular formula is C17H14Cl2N4S. The number of rotatable bonds is 4. The Hall–Kier alpha value is -2.08. The maximum absolute atomic E-state index is 6.19. The number of halogens is 2. The molecule has 0 bridgehead atoms. The second-order valence-electron chi connectivity index (χ2n) is 5.11. The highest BCUT2D eigenvalue weighted by Crippen LogP contribution is 2.22. The van der Waals surface area contributed by atoms with Gasteiger partial charge in [0.15, 0.2) is 5.11 Å². The van der Waals surface area contributed by atoms with Gasteiger partial charge in [-0.3, -0.25) is 4.68 Å². The van der Waals surface area contributed by atoms with Gasteiger partial charge in [0.05, 0.1) is 18.4 Å². The van der Waals surface area contributed by atoms with Crippen LogP contribution in [0.25, 0.3) is 0 Å². The summed E-state index contributed by atoms with van der Waals surface area (Å²) in [5.74, 6) is 0. The van der Waals surface area contributed by atoms with Crippen molar-refractivity contribution in [1.82, 2.24) is 9.78 Å². The van der Waals surface area contributed by atoms with Crippen molar-refractivity contribution in [2.75, 3.05) is 10.6 Å². The van der Waals surface area contributed by atoms with Crippen LogP contribution < -0.4 is 10.6 Å². The summed E-state index contributed by atoms with van der Waals surface area (Å²) in [6.45, 7) is 0.552. The van der Waals surface area contributed by atoms with E-state index in [1.54, 1.807) is 16.9 Å². The molecule has 0 aliphatic carbocycles. The summed E-state index contributed by atoms with van der Waals surface area (Å²) in [4.78, 5) is 0. The van der Waals surface area contributed by atoms with Gasteiger partial charge < -0.3 is 10.6 Å². The molecule has 3 aromatic rings. The summed E-state index contributed by atoms with van der Waals surface area (Å²) in [5, 5.41) is 12.3. The molecule has 122 valence electrons. The standard InChI is InChI=1S/C17H14Cl2N4S/c18-13-7-6-12(16(19)8-13)10-23-11-15(9-20-23)22-17(24)21-14-4-2-1-3-5-14/h1-9,11H,10H2,(H2,21,22,24). The molecule has 0 fully saturated rings. The van der Waals surface area contributed by atoms with E-state index in [9.17, 15) is 0 Å². The highest BCUT2D eigenvalue weighted by Gasteiger charge is 2.05. The molecule has 0 amide bonds. The first-order chi connectivity index (χ1) is 11.6. The fourth-order valence-corrected chi connectivity index (χ4v) is 2.86. The molecule has 0 atom stereocenters. The van der Waals surface area contributed by atoms with E-state index < -0.39 is 0 Å². The molecular weight excluding hydrogens is 363 g/mol. The molecule has 1 heterocycles. The fourth-order valence-electron chi connectivity index (χ4n) is 2.15. The molecule has 4 nitrogen and oxygen atoms in total. The van der Waals surface area contributed by atoms with E-state index in [4.69, 9.17) is 35.4 Å². The van der Waals surface area contributed by atoms with Crippen molar-refractivity contribution in [3.63, 3.8) is 0 Å². The maximum atomic E-state index is 6.19. The molecule has 0 aliphatic heterocycles. The van der Waals surface area contributed by atoms with Crippen LogP contribution in [-0.2, 0) is 6.54 Å². The van der Waals surface area contributed by atoms with Crippen LogP contribution in [0.2, 0.25) is 10.0 Å². The lowest BCUT2D eigenvalue weighted by atomic mass is 10.2. The summed E-state index contributed by atoms with van der Waals surface area (Å²) >= 11 is 17.4. The van der Waals surface area contributed by atoms with Crippen LogP contribution in [0.5, 0.6) is 0 Å². The van der Waals surface area contributed by atoms with Gasteiger partial charge in [0, 0.05) is 21.9 Å². The number of para-hydroxylation sites is 1. The van der Waals surface area contributed by atoms with Crippen LogP contribution in [0.1, 0.15) is 5.56 Å². The minimum atomic E-state index is 0.505. The van der Waals surface area contributed by atoms with E-state index in [0.29, 0.717) is 21.7 Å². The lowest BCUT2D eigenvalue weighted by molar-refractivity contribution is 0.687. The summed E-state index contributed by atoms with van der Waals surface area (Å²) in [6.07, 6.45) is 3.58. The number of benzene rings is 2. The molecule has 0 radical (unpaired) electrons. The van der Waals surface area contributed by atoms with E-state index in [1.807, 2.05) is 48.7 Å². The van der Waals surface area contributed by atoms with E-state index in [0.717, 1.165) is 16.9 Å². The Labute approximate surface area is 155 Å². The Bertz CT molecular complexity index is 849. The molecule has 0 unspecified atom stereocenters. The predicted octanol–water partition coefficient (Wildman–Crippen LogP) is 5.05. The smallest absolute Gasteiger partial charge is 0.175 e. The lowest BCUT2D eigenvalue weighted by Crippen LogP contribution is -2.18. The van der Waals surface area contributed by atoms with Crippen LogP contribution in [0.15, 0.2) is 60.9 Å². The third-order valence-electron chi connectivity index (χ3n) is 3.27. The van der Waals surface area contributed by atoms with Gasteiger partial charge in [-0.25, -0.2) is 0 Å². The lowest BCUT2D eigenvalue weighted by Gasteiger charge is -2.08. The minimum Gasteiger partial charge on any atom is -0.332 e. The first-order valence-electron chi connectivity index (χ1n) is 7.19. The zero-order valence-corrected chi connectivity index (χ0v) is 14.9. The quantitative estimate of drug-likeness (QED) is 0.625. The molecule has 1 aromatic heterocycles. The van der Waals surface area contributed by atoms with Gasteiger partial charge in [-0.15, -0.1) is 0 Å². The van der Waals surface area contributed by atoms with Crippen LogP contribution in [-0.4, -0.2) is 14.9 Å². The second kappa shape index (κ2) is 7.66. The van der Waals surface area contributed by atoms with Gasteiger partial charge in [-0.1, -0.05) is 47.5 Å². The van der Waals surface area contributed by atoms with Crippen molar-refractivity contribution < 1.29 is 0 Å². The molecule has 0 saturated carbocycles. The van der Waals surface area contributed by atoms with E-state index in [2.05, 4.69) is 15.7 Å². The van der Waals surface area contributed by atoms with Gasteiger partial charge in [0.1, 0.15) is 0 Å². The van der Waals surface area contributed by atoms with Gasteiger partial charge in [0.2, 0.25) is 0 Å². The van der Waals surface area contributed by atoms with Crippen LogP contribution in [0.4, 0.5) is 11.4 Å². The molecule has 2 aromatic carbocycles. The normalized spacial score (nSPS) is 10.4. The van der Waals surface area contributed by atoms with E-state index >= 15 is 0 Å². The number of nitrogens with zero attached hydrogens (tertiary/aromatic N) is 2. The van der Waals surface area contributed by atoms with Crippen LogP contribution in [0, 0.1) is 0 Å². The van der Waals surface area contributed by atoms with Gasteiger partial charge in [-0.05, 0) is 42.0 Å². The fraction of sp³-hybridized carbons (Fsp3) is 0.0588. The van der Waals surface area contributed by atoms with Gasteiger partial charge >= 0.3 is 0 Å². The first kappa shape index (κ1) is 16.8. The Morgan fingerprint density at radius 2 is 1.79 bits per heavy atom. The molecule has 0 aliphatic rings. The highest BCUT2D eigenvalue weighted by molar-refractivity contribution is 7.80. The molecule has 3 rings (SSSR count). The number of aromatic nitrogens is 2. The Morgan fingerprint density at radius 3 is 2.54 bits per heavy atom. The second-order valence-corrected chi connectivity index (χ2v) is 6.36. The van der Waals surface area contributed by atoms with E-state index in [-0.39, 0.29) is 0 Å². The average molecular weight is 377 g/mol. The third kappa shape index (κ3) is 4.47. The predicted molar refractivity (Wildman–Crippen MR) is 104 cm³/mol. The van der Waals surface area contributed by atoms with Crippen molar-refractivity contribution >= 4 is 51.9 Å². The largest absolute Gasteiger partial charge is 0.332 e. The maximum Gasteiger partial charge on any atom is 0.175 e. The van der Waals surface area contributed by atoms with Gasteiger partial charge in [0.25, 0.3) is 0 Å².